The number of allylic oxidation sites excluding steroid dienone is 4. The fourth-order valence-electron chi connectivity index (χ4n) is 4.47. The number of carbonyl (C=O) groups is 1. The highest BCUT2D eigenvalue weighted by atomic mass is 16.1. The smallest absolute Gasteiger partial charge is 0.136 e. The summed E-state index contributed by atoms with van der Waals surface area (Å²) in [6, 6.07) is 0. The summed E-state index contributed by atoms with van der Waals surface area (Å²) in [6.07, 6.45) is 11.4. The zero-order valence-corrected chi connectivity index (χ0v) is 14.5. The monoisotopic (exact) mass is 288 g/mol. The standard InChI is InChI=1S/C20H32O/c1-14(2)7-6-8-15(3)17-11-12-20(5)13-19(21)16(4)9-10-18(17)20/h7-8,16-18H,6,9-13H2,1-5H3/b15-8+/t16-,17+,18+,20-/m0/s1. The molecule has 0 bridgehead atoms. The molecule has 118 valence electrons. The highest BCUT2D eigenvalue weighted by molar-refractivity contribution is 5.81. The molecule has 0 aliphatic heterocycles. The third-order valence-electron chi connectivity index (χ3n) is 6.00. The minimum Gasteiger partial charge on any atom is -0.299 e. The molecule has 0 aromatic rings. The van der Waals surface area contributed by atoms with Crippen LogP contribution in [0.3, 0.4) is 0 Å². The molecule has 0 spiro atoms. The number of carbonyl (C=O) groups excluding carboxylic acids is 1. The minimum absolute atomic E-state index is 0.262. The van der Waals surface area contributed by atoms with Gasteiger partial charge in [-0.2, -0.15) is 0 Å². The van der Waals surface area contributed by atoms with Gasteiger partial charge in [0.2, 0.25) is 0 Å². The molecule has 0 aromatic heterocycles. The molecule has 0 N–H and O–H groups in total. The van der Waals surface area contributed by atoms with Gasteiger partial charge in [0.05, 0.1) is 0 Å². The van der Waals surface area contributed by atoms with Crippen LogP contribution < -0.4 is 0 Å². The average Bonchev–Trinajstić information content (AvgIpc) is 2.66. The zero-order valence-electron chi connectivity index (χ0n) is 14.5. The molecule has 4 atom stereocenters. The van der Waals surface area contributed by atoms with Crippen molar-refractivity contribution in [2.24, 2.45) is 23.2 Å². The van der Waals surface area contributed by atoms with Crippen LogP contribution in [0.5, 0.6) is 0 Å². The van der Waals surface area contributed by atoms with Crippen LogP contribution in [0.25, 0.3) is 0 Å². The lowest BCUT2D eigenvalue weighted by Gasteiger charge is -2.32. The minimum atomic E-state index is 0.262. The van der Waals surface area contributed by atoms with Crippen molar-refractivity contribution in [2.45, 2.75) is 73.1 Å². The Balaban J connectivity index is 2.13. The van der Waals surface area contributed by atoms with E-state index in [1.54, 1.807) is 5.57 Å². The first-order valence-electron chi connectivity index (χ1n) is 8.66. The van der Waals surface area contributed by atoms with Gasteiger partial charge in [0.1, 0.15) is 5.78 Å². The Labute approximate surface area is 130 Å². The van der Waals surface area contributed by atoms with Crippen molar-refractivity contribution in [1.82, 2.24) is 0 Å². The number of rotatable bonds is 3. The number of hydrogen-bond acceptors (Lipinski definition) is 1. The van der Waals surface area contributed by atoms with Gasteiger partial charge in [-0.05, 0) is 70.1 Å². The van der Waals surface area contributed by atoms with Crippen LogP contribution in [0, 0.1) is 23.2 Å². The molecule has 2 rings (SSSR count). The van der Waals surface area contributed by atoms with Gasteiger partial charge in [0.25, 0.3) is 0 Å². The summed E-state index contributed by atoms with van der Waals surface area (Å²) in [5, 5.41) is 0. The summed E-state index contributed by atoms with van der Waals surface area (Å²) in [5.74, 6) is 2.21. The number of ketones is 1. The number of hydrogen-bond donors (Lipinski definition) is 0. The van der Waals surface area contributed by atoms with E-state index in [9.17, 15) is 4.79 Å². The Morgan fingerprint density at radius 1 is 1.19 bits per heavy atom. The Bertz CT molecular complexity index is 452. The summed E-state index contributed by atoms with van der Waals surface area (Å²) in [5.41, 5.74) is 3.21. The fourth-order valence-corrected chi connectivity index (χ4v) is 4.47. The predicted octanol–water partition coefficient (Wildman–Crippen LogP) is 5.71. The van der Waals surface area contributed by atoms with Crippen LogP contribution in [0.15, 0.2) is 23.3 Å². The third-order valence-corrected chi connectivity index (χ3v) is 6.00. The zero-order chi connectivity index (χ0) is 15.6. The normalized spacial score (nSPS) is 37.1. The summed E-state index contributed by atoms with van der Waals surface area (Å²) in [4.78, 5) is 12.3. The van der Waals surface area contributed by atoms with Crippen LogP contribution in [0.1, 0.15) is 73.1 Å². The highest BCUT2D eigenvalue weighted by Crippen LogP contribution is 2.55. The summed E-state index contributed by atoms with van der Waals surface area (Å²) in [6.45, 7) is 11.1. The predicted molar refractivity (Wildman–Crippen MR) is 90.1 cm³/mol. The molecular weight excluding hydrogens is 256 g/mol. The van der Waals surface area contributed by atoms with E-state index in [1.807, 2.05) is 0 Å². The molecule has 21 heavy (non-hydrogen) atoms. The first kappa shape index (κ1) is 16.5. The first-order valence-corrected chi connectivity index (χ1v) is 8.66. The van der Waals surface area contributed by atoms with E-state index in [0.717, 1.165) is 19.3 Å². The van der Waals surface area contributed by atoms with E-state index in [2.05, 4.69) is 46.8 Å². The topological polar surface area (TPSA) is 17.1 Å². The van der Waals surface area contributed by atoms with E-state index in [-0.39, 0.29) is 11.3 Å². The van der Waals surface area contributed by atoms with Gasteiger partial charge in [-0.15, -0.1) is 0 Å². The fraction of sp³-hybridized carbons (Fsp3) is 0.750. The van der Waals surface area contributed by atoms with Gasteiger partial charge in [0, 0.05) is 12.3 Å². The molecular formula is C20H32O. The Kier molecular flexibility index (Phi) is 5.11. The van der Waals surface area contributed by atoms with Crippen molar-refractivity contribution in [2.75, 3.05) is 0 Å². The van der Waals surface area contributed by atoms with E-state index in [1.165, 1.54) is 24.8 Å². The quantitative estimate of drug-likeness (QED) is 0.608. The van der Waals surface area contributed by atoms with Gasteiger partial charge >= 0.3 is 0 Å². The SMILES string of the molecule is CC(C)=CC/C=C(\C)[C@H]1CC[C@@]2(C)CC(=O)[C@@H](C)CC[C@H]12. The summed E-state index contributed by atoms with van der Waals surface area (Å²) >= 11 is 0. The van der Waals surface area contributed by atoms with Crippen molar-refractivity contribution in [3.63, 3.8) is 0 Å². The summed E-state index contributed by atoms with van der Waals surface area (Å²) in [7, 11) is 0. The average molecular weight is 288 g/mol. The lowest BCUT2D eigenvalue weighted by Crippen LogP contribution is -2.26. The Hall–Kier alpha value is -0.850. The molecule has 0 saturated heterocycles. The molecule has 2 aliphatic carbocycles. The molecule has 2 saturated carbocycles. The molecule has 0 radical (unpaired) electrons. The van der Waals surface area contributed by atoms with Crippen molar-refractivity contribution in [3.05, 3.63) is 23.3 Å². The van der Waals surface area contributed by atoms with Gasteiger partial charge in [-0.1, -0.05) is 37.1 Å². The van der Waals surface area contributed by atoms with E-state index in [4.69, 9.17) is 0 Å². The van der Waals surface area contributed by atoms with Gasteiger partial charge in [-0.3, -0.25) is 4.79 Å². The molecule has 0 aromatic carbocycles. The van der Waals surface area contributed by atoms with E-state index >= 15 is 0 Å². The molecule has 2 aliphatic rings. The molecule has 0 heterocycles. The van der Waals surface area contributed by atoms with E-state index in [0.29, 0.717) is 17.6 Å². The van der Waals surface area contributed by atoms with Crippen molar-refractivity contribution < 1.29 is 4.79 Å². The number of fused-ring (bicyclic) bond motifs is 1. The summed E-state index contributed by atoms with van der Waals surface area (Å²) < 4.78 is 0. The van der Waals surface area contributed by atoms with Crippen molar-refractivity contribution in [3.8, 4) is 0 Å². The maximum Gasteiger partial charge on any atom is 0.136 e. The van der Waals surface area contributed by atoms with Gasteiger partial charge in [0.15, 0.2) is 0 Å². The first-order chi connectivity index (χ1) is 9.83. The molecule has 1 nitrogen and oxygen atoms in total. The van der Waals surface area contributed by atoms with Gasteiger partial charge in [-0.25, -0.2) is 0 Å². The second-order valence-corrected chi connectivity index (χ2v) is 7.99. The van der Waals surface area contributed by atoms with Crippen LogP contribution in [-0.4, -0.2) is 5.78 Å². The lowest BCUT2D eigenvalue weighted by atomic mass is 9.72. The molecule has 1 heteroatoms. The highest BCUT2D eigenvalue weighted by Gasteiger charge is 2.48. The van der Waals surface area contributed by atoms with Gasteiger partial charge < -0.3 is 0 Å². The van der Waals surface area contributed by atoms with Crippen molar-refractivity contribution >= 4 is 5.78 Å². The molecule has 0 unspecified atom stereocenters. The van der Waals surface area contributed by atoms with Crippen LogP contribution in [0.2, 0.25) is 0 Å². The third kappa shape index (κ3) is 3.67. The second-order valence-electron chi connectivity index (χ2n) is 7.99. The maximum absolute atomic E-state index is 12.3. The number of Topliss-reactive ketones (excluding diaryl/α,β-unsaturated/α-hetero) is 1. The van der Waals surface area contributed by atoms with Crippen LogP contribution in [-0.2, 0) is 4.79 Å². The molecule has 0 amide bonds. The van der Waals surface area contributed by atoms with Crippen molar-refractivity contribution in [1.29, 1.82) is 0 Å². The Morgan fingerprint density at radius 3 is 2.57 bits per heavy atom. The Morgan fingerprint density at radius 2 is 1.90 bits per heavy atom. The molecule has 2 fully saturated rings. The van der Waals surface area contributed by atoms with E-state index < -0.39 is 0 Å². The maximum atomic E-state index is 12.3. The lowest BCUT2D eigenvalue weighted by molar-refractivity contribution is -0.124. The van der Waals surface area contributed by atoms with Crippen LogP contribution >= 0.6 is 0 Å². The largest absolute Gasteiger partial charge is 0.299 e. The van der Waals surface area contributed by atoms with Crippen LogP contribution in [0.4, 0.5) is 0 Å². The second kappa shape index (κ2) is 6.50.